The summed E-state index contributed by atoms with van der Waals surface area (Å²) in [5, 5.41) is 26.4. The monoisotopic (exact) mass is 1330 g/mol. The van der Waals surface area contributed by atoms with Crippen molar-refractivity contribution < 1.29 is 106 Å². The van der Waals surface area contributed by atoms with Crippen molar-refractivity contribution >= 4 is 0 Å². The SMILES string of the molecule is COc1ccc([C]2[C](O)[C](c3ccc(OC)cc3)[C](c3ccc(OC)cc3)[C]2c2ccc(OC)cc2)cc1.COc1ccc([C]2[C]([O-])[C](c3ccc(OC)cc3)[C](c3ccc(OC)cc3)[C]2c2ccc(OC)cc2)cc1.[C-]#[O+].[C-]#[O+].[C-]#[O+].[C-]#[O+].[Ru+2].[Ru+]. The third-order valence-corrected chi connectivity index (χ3v) is 13.5. The van der Waals surface area contributed by atoms with E-state index in [0.717, 1.165) is 126 Å². The fourth-order valence-corrected chi connectivity index (χ4v) is 9.54. The van der Waals surface area contributed by atoms with Gasteiger partial charge in [-0.2, -0.15) is 0 Å². The summed E-state index contributed by atoms with van der Waals surface area (Å²) in [7, 11) is 13.1. The van der Waals surface area contributed by atoms with Crippen molar-refractivity contribution in [2.24, 2.45) is 0 Å². The molecule has 2 saturated carbocycles. The molecule has 1 N–H and O–H groups in total. The van der Waals surface area contributed by atoms with E-state index in [1.807, 2.05) is 194 Å². The molecule has 0 atom stereocenters. The molecule has 2 aliphatic rings. The van der Waals surface area contributed by atoms with Gasteiger partial charge in [-0.3, -0.25) is 0 Å². The number of aliphatic hydroxyl groups is 1. The molecule has 0 bridgehead atoms. The van der Waals surface area contributed by atoms with Crippen LogP contribution >= 0.6 is 0 Å². The Morgan fingerprint density at radius 3 is 0.500 bits per heavy atom. The van der Waals surface area contributed by atoms with E-state index in [1.54, 1.807) is 56.9 Å². The summed E-state index contributed by atoms with van der Waals surface area (Å²) < 4.78 is 73.2. The zero-order valence-corrected chi connectivity index (χ0v) is 51.4. The van der Waals surface area contributed by atoms with Gasteiger partial charge in [0, 0.05) is 35.5 Å². The molecule has 86 heavy (non-hydrogen) atoms. The minimum Gasteiger partial charge on any atom is 1.00 e. The minimum absolute atomic E-state index is 0. The first-order chi connectivity index (χ1) is 41.1. The van der Waals surface area contributed by atoms with E-state index in [2.05, 4.69) is 26.6 Å². The van der Waals surface area contributed by atoms with Crippen molar-refractivity contribution in [3.8, 4) is 46.0 Å². The topological polar surface area (TPSA) is 197 Å². The molecule has 8 aromatic carbocycles. The summed E-state index contributed by atoms with van der Waals surface area (Å²) in [5.41, 5.74) is 7.13. The van der Waals surface area contributed by atoms with Gasteiger partial charge in [-0.15, -0.1) is 0 Å². The van der Waals surface area contributed by atoms with Gasteiger partial charge in [-0.1, -0.05) is 103 Å². The van der Waals surface area contributed by atoms with Gasteiger partial charge in [-0.25, -0.2) is 0 Å². The smallest absolute Gasteiger partial charge is 1.00 e. The van der Waals surface area contributed by atoms with E-state index >= 15 is 0 Å². The Bertz CT molecular complexity index is 2830. The van der Waals surface area contributed by atoms with E-state index in [9.17, 15) is 10.2 Å². The van der Waals surface area contributed by atoms with Crippen LogP contribution in [-0.4, -0.2) is 62.0 Å². The molecule has 0 aromatic heterocycles. The second kappa shape index (κ2) is 37.0. The Hall–Kier alpha value is -7.71. The van der Waals surface area contributed by atoms with E-state index < -0.39 is 0 Å². The Morgan fingerprint density at radius 2 is 0.360 bits per heavy atom. The molecule has 0 saturated heterocycles. The Kier molecular flexibility index (Phi) is 31.2. The van der Waals surface area contributed by atoms with Gasteiger partial charge in [0.15, 0.2) is 0 Å². The van der Waals surface area contributed by atoms with Gasteiger partial charge < -0.3 is 48.1 Å². The van der Waals surface area contributed by atoms with Crippen molar-refractivity contribution in [2.45, 2.75) is 0 Å². The quantitative estimate of drug-likeness (QED) is 0.0552. The number of hydrogen-bond acceptors (Lipinski definition) is 10. The van der Waals surface area contributed by atoms with Crippen molar-refractivity contribution in [3.05, 3.63) is 325 Å². The summed E-state index contributed by atoms with van der Waals surface area (Å²) in [4.78, 5) is 0. The largest absolute Gasteiger partial charge is 2.00 e. The fraction of sp³-hybridized carbons (Fsp3) is 0.114. The molecule has 0 unspecified atom stereocenters. The number of hydrogen-bond donors (Lipinski definition) is 1. The van der Waals surface area contributed by atoms with Gasteiger partial charge in [0.1, 0.15) is 52.1 Å². The predicted octanol–water partition coefficient (Wildman–Crippen LogP) is 11.7. The molecule has 2 fully saturated rings. The van der Waals surface area contributed by atoms with Gasteiger partial charge in [-0.05, 0) is 142 Å². The third kappa shape index (κ3) is 16.8. The third-order valence-electron chi connectivity index (χ3n) is 13.5. The number of ether oxygens (including phenoxy) is 8. The van der Waals surface area contributed by atoms with Gasteiger partial charge >= 0.3 is 84.2 Å². The van der Waals surface area contributed by atoms with Crippen LogP contribution in [0.25, 0.3) is 0 Å². The first kappa shape index (κ1) is 72.5. The molecule has 16 heteroatoms. The second-order valence-electron chi connectivity index (χ2n) is 17.5. The summed E-state index contributed by atoms with van der Waals surface area (Å²) in [6.45, 7) is 18.0. The van der Waals surface area contributed by atoms with Crippen LogP contribution in [0.3, 0.4) is 0 Å². The van der Waals surface area contributed by atoms with Gasteiger partial charge in [0.2, 0.25) is 0 Å². The summed E-state index contributed by atoms with van der Waals surface area (Å²) in [5.74, 6) is 12.3. The van der Waals surface area contributed by atoms with Crippen molar-refractivity contribution in [2.75, 3.05) is 56.9 Å². The molecule has 10 rings (SSSR count). The molecule has 14 nitrogen and oxygen atoms in total. The van der Waals surface area contributed by atoms with Crippen molar-refractivity contribution in [3.63, 3.8) is 0 Å². The van der Waals surface area contributed by atoms with Crippen LogP contribution in [0.5, 0.6) is 46.0 Å². The molecule has 0 amide bonds. The average Bonchev–Trinajstić information content (AvgIpc) is 2.01. The first-order valence-electron chi connectivity index (χ1n) is 25.2. The van der Waals surface area contributed by atoms with Crippen LogP contribution in [0.2, 0.25) is 0 Å². The number of benzene rings is 8. The molecular formula is C70H57O14Ru2+2. The summed E-state index contributed by atoms with van der Waals surface area (Å²) >= 11 is 0. The maximum absolute atomic E-state index is 14.4. The zero-order chi connectivity index (χ0) is 61.3. The zero-order valence-electron chi connectivity index (χ0n) is 47.9. The fourth-order valence-electron chi connectivity index (χ4n) is 9.54. The maximum Gasteiger partial charge on any atom is 2.00 e. The van der Waals surface area contributed by atoms with Crippen LogP contribution in [-0.2, 0) is 57.6 Å². The van der Waals surface area contributed by atoms with E-state index in [-0.39, 0.29) is 51.2 Å². The Labute approximate surface area is 530 Å². The minimum atomic E-state index is -0.0445. The first-order valence-corrected chi connectivity index (χ1v) is 25.2. The van der Waals surface area contributed by atoms with Gasteiger partial charge in [0.25, 0.3) is 0 Å². The molecule has 435 valence electrons. The molecule has 11 radical (unpaired) electrons. The van der Waals surface area contributed by atoms with E-state index in [0.29, 0.717) is 11.8 Å². The van der Waals surface area contributed by atoms with Crippen molar-refractivity contribution in [1.82, 2.24) is 0 Å². The summed E-state index contributed by atoms with van der Waals surface area (Å²) in [6.07, 6.45) is 0.161. The normalized spacial score (nSPS) is 13.8. The van der Waals surface area contributed by atoms with E-state index in [4.69, 9.17) is 56.5 Å². The van der Waals surface area contributed by atoms with Crippen LogP contribution in [0, 0.1) is 86.2 Å². The predicted molar refractivity (Wildman–Crippen MR) is 307 cm³/mol. The molecule has 2 aliphatic carbocycles. The molecule has 0 aliphatic heterocycles. The van der Waals surface area contributed by atoms with Crippen LogP contribution in [0.15, 0.2) is 194 Å². The van der Waals surface area contributed by atoms with Crippen LogP contribution in [0.4, 0.5) is 0 Å². The van der Waals surface area contributed by atoms with E-state index in [1.165, 1.54) is 0 Å². The second-order valence-corrected chi connectivity index (χ2v) is 17.5. The summed E-state index contributed by atoms with van der Waals surface area (Å²) in [6, 6.07) is 62.1. The Morgan fingerprint density at radius 1 is 0.244 bits per heavy atom. The number of aliphatic hydroxyl groups excluding tert-OH is 1. The molecule has 0 spiro atoms. The van der Waals surface area contributed by atoms with Crippen LogP contribution < -0.4 is 43.0 Å². The number of rotatable bonds is 16. The standard InChI is InChI=1S/C33H29O5.C33H28O5.4CO.2Ru/c2*1-35-25-13-5-21(6-14-25)29-30(22-7-15-26(36-2)16-8-22)32(24-11-19-28(38-4)20-12-24)33(34)31(29)23-9-17-27(37-3)18-10-23;4*1-2;;/h5-20,34H,1-4H3;5-20H,1-4H3;;;;;;/q;-1;;;;;+1;+2. The molecule has 0 heterocycles. The maximum atomic E-state index is 14.4. The molecule has 8 aromatic rings. The van der Waals surface area contributed by atoms with Gasteiger partial charge in [0.05, 0.1) is 68.7 Å². The Balaban J connectivity index is 0.000000395. The van der Waals surface area contributed by atoms with Crippen LogP contribution in [0.1, 0.15) is 44.5 Å². The van der Waals surface area contributed by atoms with Crippen molar-refractivity contribution in [1.29, 1.82) is 0 Å². The number of methoxy groups -OCH3 is 8. The molecular weight excluding hydrogens is 1270 g/mol. The average molecular weight is 1320 g/mol.